The zero-order chi connectivity index (χ0) is 13.7. The molecule has 1 amide bonds. The van der Waals surface area contributed by atoms with Crippen LogP contribution in [-0.4, -0.2) is 12.5 Å². The van der Waals surface area contributed by atoms with Crippen LogP contribution in [0.1, 0.15) is 5.56 Å². The van der Waals surface area contributed by atoms with Gasteiger partial charge in [0.1, 0.15) is 5.75 Å². The molecule has 98 valence electrons. The molecule has 0 aliphatic heterocycles. The van der Waals surface area contributed by atoms with E-state index >= 15 is 0 Å². The van der Waals surface area contributed by atoms with E-state index in [1.807, 2.05) is 43.3 Å². The van der Waals surface area contributed by atoms with Crippen LogP contribution >= 0.6 is 11.6 Å². The van der Waals surface area contributed by atoms with E-state index in [-0.39, 0.29) is 12.5 Å². The third-order valence-electron chi connectivity index (χ3n) is 2.60. The lowest BCUT2D eigenvalue weighted by molar-refractivity contribution is -0.118. The van der Waals surface area contributed by atoms with Crippen LogP contribution in [0.5, 0.6) is 5.75 Å². The van der Waals surface area contributed by atoms with Crippen LogP contribution in [0.2, 0.25) is 5.02 Å². The number of para-hydroxylation sites is 2. The van der Waals surface area contributed by atoms with Crippen molar-refractivity contribution in [2.45, 2.75) is 6.92 Å². The van der Waals surface area contributed by atoms with Crippen molar-refractivity contribution in [3.8, 4) is 5.75 Å². The van der Waals surface area contributed by atoms with E-state index in [0.717, 1.165) is 5.56 Å². The zero-order valence-corrected chi connectivity index (χ0v) is 11.3. The summed E-state index contributed by atoms with van der Waals surface area (Å²) in [4.78, 5) is 11.8. The smallest absolute Gasteiger partial charge is 0.262 e. The van der Waals surface area contributed by atoms with Crippen molar-refractivity contribution in [3.63, 3.8) is 0 Å². The Morgan fingerprint density at radius 1 is 1.16 bits per heavy atom. The van der Waals surface area contributed by atoms with Gasteiger partial charge in [-0.1, -0.05) is 41.9 Å². The van der Waals surface area contributed by atoms with E-state index in [2.05, 4.69) is 5.32 Å². The molecule has 19 heavy (non-hydrogen) atoms. The average molecular weight is 276 g/mol. The van der Waals surface area contributed by atoms with E-state index in [1.165, 1.54) is 0 Å². The minimum Gasteiger partial charge on any atom is -0.483 e. The fourth-order valence-electron chi connectivity index (χ4n) is 1.61. The number of nitrogens with one attached hydrogen (secondary N) is 1. The van der Waals surface area contributed by atoms with Crippen LogP contribution in [0.25, 0.3) is 0 Å². The minimum atomic E-state index is -0.239. The van der Waals surface area contributed by atoms with E-state index in [1.54, 1.807) is 12.1 Å². The summed E-state index contributed by atoms with van der Waals surface area (Å²) < 4.78 is 5.46. The Kier molecular flexibility index (Phi) is 4.42. The van der Waals surface area contributed by atoms with Gasteiger partial charge in [-0.25, -0.2) is 0 Å². The van der Waals surface area contributed by atoms with Crippen LogP contribution in [0.4, 0.5) is 5.69 Å². The molecule has 2 rings (SSSR count). The van der Waals surface area contributed by atoms with Crippen molar-refractivity contribution in [1.82, 2.24) is 0 Å². The quantitative estimate of drug-likeness (QED) is 0.925. The molecule has 3 nitrogen and oxygen atoms in total. The van der Waals surface area contributed by atoms with Gasteiger partial charge in [-0.15, -0.1) is 0 Å². The molecule has 4 heteroatoms. The lowest BCUT2D eigenvalue weighted by Gasteiger charge is -2.10. The van der Waals surface area contributed by atoms with Gasteiger partial charge in [0.05, 0.1) is 10.7 Å². The summed E-state index contributed by atoms with van der Waals surface area (Å²) in [6.45, 7) is 1.89. The molecule has 0 unspecified atom stereocenters. The number of benzene rings is 2. The Labute approximate surface area is 117 Å². The highest BCUT2D eigenvalue weighted by Crippen LogP contribution is 2.20. The summed E-state index contributed by atoms with van der Waals surface area (Å²) in [7, 11) is 0. The molecule has 0 aliphatic rings. The van der Waals surface area contributed by atoms with E-state index in [9.17, 15) is 4.79 Å². The van der Waals surface area contributed by atoms with Crippen LogP contribution < -0.4 is 10.1 Å². The maximum absolute atomic E-state index is 11.8. The fraction of sp³-hybridized carbons (Fsp3) is 0.133. The van der Waals surface area contributed by atoms with E-state index in [0.29, 0.717) is 16.5 Å². The molecule has 0 bridgehead atoms. The molecule has 0 spiro atoms. The molecule has 0 saturated carbocycles. The number of rotatable bonds is 4. The first-order valence-electron chi connectivity index (χ1n) is 5.89. The Balaban J connectivity index is 1.92. The first-order chi connectivity index (χ1) is 9.16. The fourth-order valence-corrected chi connectivity index (χ4v) is 1.79. The Bertz CT molecular complexity index is 584. The molecule has 0 radical (unpaired) electrons. The topological polar surface area (TPSA) is 38.3 Å². The van der Waals surface area contributed by atoms with Crippen molar-refractivity contribution < 1.29 is 9.53 Å². The second kappa shape index (κ2) is 6.25. The van der Waals surface area contributed by atoms with Gasteiger partial charge in [0, 0.05) is 0 Å². The summed E-state index contributed by atoms with van der Waals surface area (Å²) in [5.74, 6) is 0.466. The Morgan fingerprint density at radius 3 is 2.58 bits per heavy atom. The Hall–Kier alpha value is -2.00. The maximum atomic E-state index is 11.8. The standard InChI is InChI=1S/C15H14ClNO2/c1-11-6-2-5-9-14(11)19-10-15(18)17-13-8-4-3-7-12(13)16/h2-9H,10H2,1H3,(H,17,18). The van der Waals surface area contributed by atoms with Crippen molar-refractivity contribution >= 4 is 23.2 Å². The monoisotopic (exact) mass is 275 g/mol. The molecule has 0 heterocycles. The molecular weight excluding hydrogens is 262 g/mol. The number of aryl methyl sites for hydroxylation is 1. The predicted molar refractivity (Wildman–Crippen MR) is 76.8 cm³/mol. The summed E-state index contributed by atoms with van der Waals surface area (Å²) in [5.41, 5.74) is 1.58. The van der Waals surface area contributed by atoms with Gasteiger partial charge < -0.3 is 10.1 Å². The minimum absolute atomic E-state index is 0.0456. The molecule has 2 aromatic carbocycles. The largest absolute Gasteiger partial charge is 0.483 e. The number of ether oxygens (including phenoxy) is 1. The first kappa shape index (κ1) is 13.4. The molecule has 0 aliphatic carbocycles. The van der Waals surface area contributed by atoms with Crippen molar-refractivity contribution in [2.75, 3.05) is 11.9 Å². The number of amides is 1. The summed E-state index contributed by atoms with van der Waals surface area (Å²) in [6.07, 6.45) is 0. The summed E-state index contributed by atoms with van der Waals surface area (Å²) in [5, 5.41) is 3.21. The second-order valence-electron chi connectivity index (χ2n) is 4.08. The highest BCUT2D eigenvalue weighted by atomic mass is 35.5. The Morgan fingerprint density at radius 2 is 1.84 bits per heavy atom. The van der Waals surface area contributed by atoms with Gasteiger partial charge in [0.25, 0.3) is 5.91 Å². The SMILES string of the molecule is Cc1ccccc1OCC(=O)Nc1ccccc1Cl. The second-order valence-corrected chi connectivity index (χ2v) is 4.49. The highest BCUT2D eigenvalue weighted by molar-refractivity contribution is 6.33. The van der Waals surface area contributed by atoms with Gasteiger partial charge in [-0.3, -0.25) is 4.79 Å². The predicted octanol–water partition coefficient (Wildman–Crippen LogP) is 3.67. The molecule has 1 N–H and O–H groups in total. The number of carbonyl (C=O) groups is 1. The van der Waals surface area contributed by atoms with Crippen molar-refractivity contribution in [3.05, 3.63) is 59.1 Å². The third-order valence-corrected chi connectivity index (χ3v) is 2.93. The summed E-state index contributed by atoms with van der Waals surface area (Å²) in [6, 6.07) is 14.6. The molecular formula is C15H14ClNO2. The molecule has 0 fully saturated rings. The lowest BCUT2D eigenvalue weighted by atomic mass is 10.2. The number of carbonyl (C=O) groups excluding carboxylic acids is 1. The van der Waals surface area contributed by atoms with E-state index < -0.39 is 0 Å². The molecule has 2 aromatic rings. The van der Waals surface area contributed by atoms with E-state index in [4.69, 9.17) is 16.3 Å². The van der Waals surface area contributed by atoms with Crippen LogP contribution in [0.3, 0.4) is 0 Å². The number of halogens is 1. The van der Waals surface area contributed by atoms with Gasteiger partial charge in [0.2, 0.25) is 0 Å². The highest BCUT2D eigenvalue weighted by Gasteiger charge is 2.06. The first-order valence-corrected chi connectivity index (χ1v) is 6.27. The van der Waals surface area contributed by atoms with Crippen molar-refractivity contribution in [2.24, 2.45) is 0 Å². The van der Waals surface area contributed by atoms with Crippen LogP contribution in [0.15, 0.2) is 48.5 Å². The molecule has 0 aromatic heterocycles. The van der Waals surface area contributed by atoms with Crippen LogP contribution in [0, 0.1) is 6.92 Å². The zero-order valence-electron chi connectivity index (χ0n) is 10.5. The number of hydrogen-bond acceptors (Lipinski definition) is 2. The van der Waals surface area contributed by atoms with Gasteiger partial charge in [0.15, 0.2) is 6.61 Å². The maximum Gasteiger partial charge on any atom is 0.262 e. The third kappa shape index (κ3) is 3.73. The molecule has 0 saturated heterocycles. The number of anilines is 1. The van der Waals surface area contributed by atoms with Crippen LogP contribution in [-0.2, 0) is 4.79 Å². The lowest BCUT2D eigenvalue weighted by Crippen LogP contribution is -2.20. The average Bonchev–Trinajstić information content (AvgIpc) is 2.40. The summed E-state index contributed by atoms with van der Waals surface area (Å²) >= 11 is 5.96. The molecule has 0 atom stereocenters. The normalized spacial score (nSPS) is 10.0. The number of hydrogen-bond donors (Lipinski definition) is 1. The van der Waals surface area contributed by atoms with Crippen molar-refractivity contribution in [1.29, 1.82) is 0 Å². The van der Waals surface area contributed by atoms with Gasteiger partial charge in [-0.05, 0) is 30.7 Å². The van der Waals surface area contributed by atoms with Gasteiger partial charge >= 0.3 is 0 Å². The van der Waals surface area contributed by atoms with Gasteiger partial charge in [-0.2, -0.15) is 0 Å².